The Morgan fingerprint density at radius 1 is 1.23 bits per heavy atom. The molecule has 2 aromatic carbocycles. The van der Waals surface area contributed by atoms with Crippen molar-refractivity contribution in [1.29, 1.82) is 0 Å². The van der Waals surface area contributed by atoms with Crippen LogP contribution in [0.2, 0.25) is 0 Å². The molecule has 0 spiro atoms. The molecule has 0 unspecified atom stereocenters. The number of ketones is 1. The van der Waals surface area contributed by atoms with Crippen LogP contribution in [0.3, 0.4) is 0 Å². The van der Waals surface area contributed by atoms with Crippen LogP contribution in [0.1, 0.15) is 33.5 Å². The summed E-state index contributed by atoms with van der Waals surface area (Å²) in [5.41, 5.74) is 6.54. The fourth-order valence-electron chi connectivity index (χ4n) is 3.27. The van der Waals surface area contributed by atoms with Crippen molar-refractivity contribution in [2.75, 3.05) is 5.33 Å². The van der Waals surface area contributed by atoms with Crippen molar-refractivity contribution >= 4 is 27.8 Å². The average molecular weight is 355 g/mol. The number of Topliss-reactive ketones (excluding diaryl/α,β-unsaturated/α-hetero) is 1. The molecule has 2 aromatic rings. The summed E-state index contributed by atoms with van der Waals surface area (Å²) in [6.45, 7) is 0.522. The van der Waals surface area contributed by atoms with Gasteiger partial charge in [-0.25, -0.2) is 0 Å². The van der Waals surface area contributed by atoms with Crippen molar-refractivity contribution in [3.8, 4) is 16.9 Å². The molecular weight excluding hydrogens is 340 g/mol. The number of fused-ring (bicyclic) bond motifs is 4. The molecule has 0 saturated carbocycles. The average Bonchev–Trinajstić information content (AvgIpc) is 2.58. The molecule has 110 valence electrons. The molecule has 0 amide bonds. The van der Waals surface area contributed by atoms with Crippen LogP contribution in [0.4, 0.5) is 0 Å². The maximum atomic E-state index is 12.3. The van der Waals surface area contributed by atoms with Gasteiger partial charge in [0.05, 0.1) is 5.33 Å². The second-order valence-corrected chi connectivity index (χ2v) is 6.23. The Kier molecular flexibility index (Phi) is 3.38. The van der Waals surface area contributed by atoms with Gasteiger partial charge < -0.3 is 4.74 Å². The molecule has 0 aromatic heterocycles. The Labute approximate surface area is 137 Å². The molecule has 0 saturated heterocycles. The first-order chi connectivity index (χ1) is 10.8. The van der Waals surface area contributed by atoms with Crippen LogP contribution >= 0.6 is 15.9 Å². The molecule has 3 heteroatoms. The van der Waals surface area contributed by atoms with Crippen LogP contribution in [-0.4, -0.2) is 11.1 Å². The topological polar surface area (TPSA) is 26.3 Å². The molecule has 1 heterocycles. The SMILES string of the molecule is O=C(CBr)c1cccc2c1-c1cc3c(cc1OC2)C=CCC3. The lowest BCUT2D eigenvalue weighted by Crippen LogP contribution is -2.12. The van der Waals surface area contributed by atoms with E-state index in [0.717, 1.165) is 40.8 Å². The van der Waals surface area contributed by atoms with Crippen molar-refractivity contribution in [2.24, 2.45) is 0 Å². The Hall–Kier alpha value is -1.87. The molecule has 0 radical (unpaired) electrons. The van der Waals surface area contributed by atoms with E-state index in [1.807, 2.05) is 18.2 Å². The predicted molar refractivity (Wildman–Crippen MR) is 91.7 cm³/mol. The monoisotopic (exact) mass is 354 g/mol. The zero-order valence-electron chi connectivity index (χ0n) is 12.1. The molecule has 1 aliphatic heterocycles. The number of halogens is 1. The number of allylic oxidation sites excluding steroid dienone is 1. The van der Waals surface area contributed by atoms with Crippen LogP contribution < -0.4 is 4.74 Å². The standard InChI is InChI=1S/C19H15BrO2/c20-10-17(21)15-7-3-6-14-11-22-18-9-13-5-2-1-4-12(13)8-16(18)19(14)15/h2-3,5-9H,1,4,10-11H2. The molecule has 4 rings (SSSR count). The Balaban J connectivity index is 1.96. The Morgan fingerprint density at radius 2 is 2.14 bits per heavy atom. The molecular formula is C19H15BrO2. The smallest absolute Gasteiger partial charge is 0.174 e. The van der Waals surface area contributed by atoms with Gasteiger partial charge in [-0.15, -0.1) is 0 Å². The van der Waals surface area contributed by atoms with Gasteiger partial charge in [-0.05, 0) is 41.7 Å². The second kappa shape index (κ2) is 5.40. The summed E-state index contributed by atoms with van der Waals surface area (Å²) in [7, 11) is 0. The maximum absolute atomic E-state index is 12.3. The van der Waals surface area contributed by atoms with Crippen LogP contribution in [0.5, 0.6) is 5.75 Å². The lowest BCUT2D eigenvalue weighted by atomic mass is 9.86. The highest BCUT2D eigenvalue weighted by molar-refractivity contribution is 9.09. The fraction of sp³-hybridized carbons (Fsp3) is 0.211. The molecule has 2 nitrogen and oxygen atoms in total. The number of benzene rings is 2. The van der Waals surface area contributed by atoms with Gasteiger partial charge in [0, 0.05) is 16.7 Å². The van der Waals surface area contributed by atoms with E-state index in [0.29, 0.717) is 11.9 Å². The van der Waals surface area contributed by atoms with E-state index in [9.17, 15) is 4.79 Å². The summed E-state index contributed by atoms with van der Waals surface area (Å²) >= 11 is 3.29. The minimum Gasteiger partial charge on any atom is -0.488 e. The zero-order valence-corrected chi connectivity index (χ0v) is 13.7. The van der Waals surface area contributed by atoms with E-state index in [1.165, 1.54) is 11.1 Å². The van der Waals surface area contributed by atoms with Gasteiger partial charge in [0.2, 0.25) is 0 Å². The van der Waals surface area contributed by atoms with Gasteiger partial charge in [-0.2, -0.15) is 0 Å². The molecule has 0 fully saturated rings. The first-order valence-corrected chi connectivity index (χ1v) is 8.58. The summed E-state index contributed by atoms with van der Waals surface area (Å²) < 4.78 is 5.93. The summed E-state index contributed by atoms with van der Waals surface area (Å²) in [6, 6.07) is 10.2. The number of hydrogen-bond donors (Lipinski definition) is 0. The molecule has 0 atom stereocenters. The summed E-state index contributed by atoms with van der Waals surface area (Å²) in [6.07, 6.45) is 6.48. The van der Waals surface area contributed by atoms with Gasteiger partial charge in [0.1, 0.15) is 12.4 Å². The van der Waals surface area contributed by atoms with Gasteiger partial charge in [-0.3, -0.25) is 4.79 Å². The highest BCUT2D eigenvalue weighted by Gasteiger charge is 2.24. The lowest BCUT2D eigenvalue weighted by Gasteiger charge is -2.25. The molecule has 1 aliphatic carbocycles. The predicted octanol–water partition coefficient (Wildman–Crippen LogP) is 4.78. The number of aryl methyl sites for hydroxylation is 1. The van der Waals surface area contributed by atoms with Gasteiger partial charge >= 0.3 is 0 Å². The third-order valence-electron chi connectivity index (χ3n) is 4.34. The molecule has 22 heavy (non-hydrogen) atoms. The van der Waals surface area contributed by atoms with Gasteiger partial charge in [0.15, 0.2) is 5.78 Å². The van der Waals surface area contributed by atoms with Crippen molar-refractivity contribution < 1.29 is 9.53 Å². The minimum atomic E-state index is 0.113. The van der Waals surface area contributed by atoms with Crippen LogP contribution in [0, 0.1) is 0 Å². The highest BCUT2D eigenvalue weighted by atomic mass is 79.9. The second-order valence-electron chi connectivity index (χ2n) is 5.67. The number of carbonyl (C=O) groups excluding carboxylic acids is 1. The quantitative estimate of drug-likeness (QED) is 0.572. The van der Waals surface area contributed by atoms with E-state index in [-0.39, 0.29) is 5.78 Å². The van der Waals surface area contributed by atoms with Crippen LogP contribution in [0.25, 0.3) is 17.2 Å². The fourth-order valence-corrected chi connectivity index (χ4v) is 3.58. The van der Waals surface area contributed by atoms with Crippen LogP contribution in [0.15, 0.2) is 36.4 Å². The zero-order chi connectivity index (χ0) is 15.1. The number of rotatable bonds is 2. The van der Waals surface area contributed by atoms with E-state index < -0.39 is 0 Å². The van der Waals surface area contributed by atoms with Crippen molar-refractivity contribution in [2.45, 2.75) is 19.4 Å². The Bertz CT molecular complexity index is 805. The Morgan fingerprint density at radius 3 is 3.00 bits per heavy atom. The van der Waals surface area contributed by atoms with E-state index in [4.69, 9.17) is 4.74 Å². The molecule has 0 bridgehead atoms. The first-order valence-electron chi connectivity index (χ1n) is 7.45. The number of carbonyl (C=O) groups is 1. The summed E-state index contributed by atoms with van der Waals surface area (Å²) in [5, 5.41) is 0.341. The number of alkyl halides is 1. The summed E-state index contributed by atoms with van der Waals surface area (Å²) in [4.78, 5) is 12.3. The number of hydrogen-bond acceptors (Lipinski definition) is 2. The van der Waals surface area contributed by atoms with Gasteiger partial charge in [0.25, 0.3) is 0 Å². The van der Waals surface area contributed by atoms with E-state index >= 15 is 0 Å². The lowest BCUT2D eigenvalue weighted by molar-refractivity contribution is 0.102. The third kappa shape index (κ3) is 2.12. The molecule has 2 aliphatic rings. The molecule has 0 N–H and O–H groups in total. The highest BCUT2D eigenvalue weighted by Crippen LogP contribution is 2.42. The van der Waals surface area contributed by atoms with E-state index in [2.05, 4.69) is 40.2 Å². The van der Waals surface area contributed by atoms with Crippen molar-refractivity contribution in [3.63, 3.8) is 0 Å². The van der Waals surface area contributed by atoms with Gasteiger partial charge in [-0.1, -0.05) is 46.3 Å². The van der Waals surface area contributed by atoms with Crippen molar-refractivity contribution in [1.82, 2.24) is 0 Å². The largest absolute Gasteiger partial charge is 0.488 e. The number of ether oxygens (including phenoxy) is 1. The van der Waals surface area contributed by atoms with Crippen LogP contribution in [-0.2, 0) is 13.0 Å². The minimum absolute atomic E-state index is 0.113. The van der Waals surface area contributed by atoms with Crippen molar-refractivity contribution in [3.05, 3.63) is 58.7 Å². The first kappa shape index (κ1) is 13.8. The third-order valence-corrected chi connectivity index (χ3v) is 4.85. The maximum Gasteiger partial charge on any atom is 0.174 e. The normalized spacial score (nSPS) is 14.6. The summed E-state index contributed by atoms with van der Waals surface area (Å²) in [5.74, 6) is 0.995. The van der Waals surface area contributed by atoms with E-state index in [1.54, 1.807) is 0 Å².